The fourth-order valence-corrected chi connectivity index (χ4v) is 1.49. The van der Waals surface area contributed by atoms with E-state index in [1.807, 2.05) is 13.0 Å². The van der Waals surface area contributed by atoms with Crippen LogP contribution in [-0.2, 0) is 5.41 Å². The van der Waals surface area contributed by atoms with Crippen LogP contribution in [0.15, 0.2) is 16.9 Å². The number of aromatic nitrogens is 3. The van der Waals surface area contributed by atoms with E-state index in [0.717, 1.165) is 11.4 Å². The average Bonchev–Trinajstić information content (AvgIpc) is 2.46. The molecule has 4 heteroatoms. The molecule has 2 aromatic heterocycles. The Kier molecular flexibility index (Phi) is 1.96. The molecule has 2 heterocycles. The number of aryl methyl sites for hydroxylation is 1. The van der Waals surface area contributed by atoms with E-state index in [1.54, 1.807) is 0 Å². The van der Waals surface area contributed by atoms with Crippen molar-refractivity contribution in [1.29, 1.82) is 0 Å². The first-order chi connectivity index (χ1) is 6.88. The van der Waals surface area contributed by atoms with Crippen molar-refractivity contribution in [3.8, 4) is 0 Å². The van der Waals surface area contributed by atoms with Gasteiger partial charge in [0.2, 0.25) is 0 Å². The molecular weight excluding hydrogens is 190 g/mol. The van der Waals surface area contributed by atoms with Gasteiger partial charge in [0, 0.05) is 28.9 Å². The van der Waals surface area contributed by atoms with Gasteiger partial charge in [0.05, 0.1) is 0 Å². The SMILES string of the molecule is Cc1cc(=O)n2[nH]c(C(C)(C)C)cc2n1. The van der Waals surface area contributed by atoms with Crippen LogP contribution in [0.25, 0.3) is 5.65 Å². The maximum absolute atomic E-state index is 11.6. The zero-order chi connectivity index (χ0) is 11.2. The molecule has 80 valence electrons. The molecule has 0 aliphatic heterocycles. The van der Waals surface area contributed by atoms with Crippen LogP contribution in [0.4, 0.5) is 0 Å². The van der Waals surface area contributed by atoms with E-state index >= 15 is 0 Å². The molecule has 1 N–H and O–H groups in total. The van der Waals surface area contributed by atoms with Crippen LogP contribution in [0.2, 0.25) is 0 Å². The van der Waals surface area contributed by atoms with Gasteiger partial charge in [0.1, 0.15) is 0 Å². The first-order valence-electron chi connectivity index (χ1n) is 4.98. The highest BCUT2D eigenvalue weighted by atomic mass is 16.1. The van der Waals surface area contributed by atoms with Gasteiger partial charge in [-0.15, -0.1) is 0 Å². The molecular formula is C11H15N3O. The average molecular weight is 205 g/mol. The lowest BCUT2D eigenvalue weighted by Crippen LogP contribution is -2.17. The van der Waals surface area contributed by atoms with Gasteiger partial charge < -0.3 is 0 Å². The summed E-state index contributed by atoms with van der Waals surface area (Å²) in [4.78, 5) is 15.9. The lowest BCUT2D eigenvalue weighted by Gasteiger charge is -2.14. The molecule has 0 atom stereocenters. The van der Waals surface area contributed by atoms with E-state index in [9.17, 15) is 4.79 Å². The number of nitrogens with zero attached hydrogens (tertiary/aromatic N) is 2. The smallest absolute Gasteiger partial charge is 0.272 e. The summed E-state index contributed by atoms with van der Waals surface area (Å²) >= 11 is 0. The summed E-state index contributed by atoms with van der Waals surface area (Å²) in [6, 6.07) is 3.45. The van der Waals surface area contributed by atoms with Crippen LogP contribution in [0, 0.1) is 6.92 Å². The topological polar surface area (TPSA) is 50.2 Å². The zero-order valence-corrected chi connectivity index (χ0v) is 9.46. The van der Waals surface area contributed by atoms with Crippen molar-refractivity contribution in [2.75, 3.05) is 0 Å². The number of hydrogen-bond acceptors (Lipinski definition) is 2. The van der Waals surface area contributed by atoms with Gasteiger partial charge in [-0.1, -0.05) is 20.8 Å². The Hall–Kier alpha value is -1.58. The molecule has 0 saturated carbocycles. The van der Waals surface area contributed by atoms with Gasteiger partial charge in [-0.3, -0.25) is 9.89 Å². The molecule has 0 fully saturated rings. The first kappa shape index (κ1) is 9.96. The van der Waals surface area contributed by atoms with Gasteiger partial charge in [0.25, 0.3) is 5.56 Å². The van der Waals surface area contributed by atoms with Crippen molar-refractivity contribution in [2.24, 2.45) is 0 Å². The summed E-state index contributed by atoms with van der Waals surface area (Å²) in [5.74, 6) is 0. The molecule has 0 amide bonds. The maximum atomic E-state index is 11.6. The second kappa shape index (κ2) is 2.95. The number of aromatic amines is 1. The predicted molar refractivity (Wildman–Crippen MR) is 59.2 cm³/mol. The number of nitrogens with one attached hydrogen (secondary N) is 1. The van der Waals surface area contributed by atoms with Crippen molar-refractivity contribution >= 4 is 5.65 Å². The Labute approximate surface area is 87.9 Å². The van der Waals surface area contributed by atoms with Crippen LogP contribution >= 0.6 is 0 Å². The monoisotopic (exact) mass is 205 g/mol. The molecule has 2 rings (SSSR count). The lowest BCUT2D eigenvalue weighted by atomic mass is 9.93. The van der Waals surface area contributed by atoms with Gasteiger partial charge in [0.15, 0.2) is 5.65 Å². The third-order valence-corrected chi connectivity index (χ3v) is 2.39. The van der Waals surface area contributed by atoms with Crippen molar-refractivity contribution < 1.29 is 0 Å². The number of fused-ring (bicyclic) bond motifs is 1. The second-order valence-electron chi connectivity index (χ2n) is 4.85. The van der Waals surface area contributed by atoms with Crippen molar-refractivity contribution in [2.45, 2.75) is 33.1 Å². The van der Waals surface area contributed by atoms with Crippen LogP contribution < -0.4 is 5.56 Å². The van der Waals surface area contributed by atoms with Gasteiger partial charge in [-0.25, -0.2) is 9.50 Å². The van der Waals surface area contributed by atoms with Crippen LogP contribution in [-0.4, -0.2) is 14.6 Å². The van der Waals surface area contributed by atoms with E-state index in [2.05, 4.69) is 30.9 Å². The molecule has 0 aromatic carbocycles. The minimum atomic E-state index is -0.0620. The molecule has 15 heavy (non-hydrogen) atoms. The third kappa shape index (κ3) is 1.67. The highest BCUT2D eigenvalue weighted by Gasteiger charge is 2.17. The van der Waals surface area contributed by atoms with Crippen LogP contribution in [0.1, 0.15) is 32.2 Å². The van der Waals surface area contributed by atoms with Crippen LogP contribution in [0.5, 0.6) is 0 Å². The number of rotatable bonds is 0. The van der Waals surface area contributed by atoms with Crippen molar-refractivity contribution in [3.63, 3.8) is 0 Å². The Bertz CT molecular complexity index is 557. The quantitative estimate of drug-likeness (QED) is 0.710. The largest absolute Gasteiger partial charge is 0.293 e. The fourth-order valence-electron chi connectivity index (χ4n) is 1.49. The maximum Gasteiger partial charge on any atom is 0.272 e. The second-order valence-corrected chi connectivity index (χ2v) is 4.85. The summed E-state index contributed by atoms with van der Waals surface area (Å²) in [6.45, 7) is 8.10. The summed E-state index contributed by atoms with van der Waals surface area (Å²) in [7, 11) is 0. The number of hydrogen-bond donors (Lipinski definition) is 1. The van der Waals surface area contributed by atoms with E-state index in [1.165, 1.54) is 10.6 Å². The molecule has 2 aromatic rings. The normalized spacial score (nSPS) is 12.3. The van der Waals surface area contributed by atoms with E-state index in [4.69, 9.17) is 0 Å². The zero-order valence-electron chi connectivity index (χ0n) is 9.46. The molecule has 4 nitrogen and oxygen atoms in total. The van der Waals surface area contributed by atoms with Crippen molar-refractivity contribution in [1.82, 2.24) is 14.6 Å². The van der Waals surface area contributed by atoms with Gasteiger partial charge in [-0.05, 0) is 6.92 Å². The Morgan fingerprint density at radius 3 is 2.60 bits per heavy atom. The summed E-state index contributed by atoms with van der Waals surface area (Å²) in [5, 5.41) is 3.07. The summed E-state index contributed by atoms with van der Waals surface area (Å²) < 4.78 is 1.48. The first-order valence-corrected chi connectivity index (χ1v) is 4.98. The van der Waals surface area contributed by atoms with Crippen LogP contribution in [0.3, 0.4) is 0 Å². The molecule has 0 spiro atoms. The molecule has 0 aliphatic rings. The molecule has 0 radical (unpaired) electrons. The van der Waals surface area contributed by atoms with Gasteiger partial charge >= 0.3 is 0 Å². The molecule has 0 aliphatic carbocycles. The van der Waals surface area contributed by atoms with E-state index < -0.39 is 0 Å². The number of H-pyrrole nitrogens is 1. The molecule has 0 saturated heterocycles. The fraction of sp³-hybridized carbons (Fsp3) is 0.455. The van der Waals surface area contributed by atoms with E-state index in [0.29, 0.717) is 5.65 Å². The predicted octanol–water partition coefficient (Wildman–Crippen LogP) is 1.63. The Balaban J connectivity index is 2.77. The highest BCUT2D eigenvalue weighted by Crippen LogP contribution is 2.20. The van der Waals surface area contributed by atoms with Gasteiger partial charge in [-0.2, -0.15) is 0 Å². The molecule has 0 unspecified atom stereocenters. The highest BCUT2D eigenvalue weighted by molar-refractivity contribution is 5.41. The minimum absolute atomic E-state index is 0.00591. The molecule has 0 bridgehead atoms. The van der Waals surface area contributed by atoms with E-state index in [-0.39, 0.29) is 11.0 Å². The van der Waals surface area contributed by atoms with Crippen molar-refractivity contribution in [3.05, 3.63) is 33.9 Å². The standard InChI is InChI=1S/C11H15N3O/c1-7-5-10(15)14-9(12-7)6-8(13-14)11(2,3)4/h5-6,13H,1-4H3. The summed E-state index contributed by atoms with van der Waals surface area (Å²) in [5.41, 5.74) is 2.38. The minimum Gasteiger partial charge on any atom is -0.293 e. The third-order valence-electron chi connectivity index (χ3n) is 2.39. The Morgan fingerprint density at radius 2 is 2.00 bits per heavy atom. The summed E-state index contributed by atoms with van der Waals surface area (Å²) in [6.07, 6.45) is 0. The Morgan fingerprint density at radius 1 is 1.33 bits per heavy atom. The lowest BCUT2D eigenvalue weighted by molar-refractivity contribution is 0.561.